The zero-order chi connectivity index (χ0) is 19.1. The average molecular weight is 372 g/mol. The van der Waals surface area contributed by atoms with Crippen LogP contribution in [0.5, 0.6) is 0 Å². The lowest BCUT2D eigenvalue weighted by molar-refractivity contribution is -0.000266. The maximum atomic E-state index is 13.2. The summed E-state index contributed by atoms with van der Waals surface area (Å²) in [6.07, 6.45) is 4.31. The first kappa shape index (κ1) is 17.4. The van der Waals surface area contributed by atoms with Gasteiger partial charge in [-0.15, -0.1) is 0 Å². The normalized spacial score (nSPS) is 24.4. The van der Waals surface area contributed by atoms with E-state index < -0.39 is 0 Å². The van der Waals surface area contributed by atoms with Gasteiger partial charge in [-0.2, -0.15) is 0 Å². The number of fused-ring (bicyclic) bond motifs is 3. The quantitative estimate of drug-likeness (QED) is 0.626. The third-order valence-electron chi connectivity index (χ3n) is 6.33. The summed E-state index contributed by atoms with van der Waals surface area (Å²) in [7, 11) is 2.20. The summed E-state index contributed by atoms with van der Waals surface area (Å²) in [5.74, 6) is -0.232. The molecule has 0 amide bonds. The van der Waals surface area contributed by atoms with Gasteiger partial charge < -0.3 is 9.64 Å². The topological polar surface area (TPSA) is 42.4 Å². The highest BCUT2D eigenvalue weighted by Gasteiger charge is 2.40. The van der Waals surface area contributed by atoms with Crippen LogP contribution in [-0.4, -0.2) is 41.1 Å². The van der Waals surface area contributed by atoms with E-state index in [1.165, 1.54) is 12.8 Å². The molecule has 4 heteroatoms. The Bertz CT molecular complexity index is 1000. The molecule has 3 heterocycles. The predicted molar refractivity (Wildman–Crippen MR) is 110 cm³/mol. The average Bonchev–Trinajstić information content (AvgIpc) is 2.94. The molecule has 142 valence electrons. The number of hydrogen-bond donors (Lipinski definition) is 0. The number of para-hydroxylation sites is 1. The van der Waals surface area contributed by atoms with Gasteiger partial charge in [-0.3, -0.25) is 0 Å². The van der Waals surface area contributed by atoms with Crippen LogP contribution >= 0.6 is 0 Å². The molecule has 2 saturated heterocycles. The summed E-state index contributed by atoms with van der Waals surface area (Å²) in [5.41, 5.74) is 3.23. The minimum Gasteiger partial charge on any atom is -0.459 e. The first-order chi connectivity index (χ1) is 13.7. The van der Waals surface area contributed by atoms with E-state index >= 15 is 0 Å². The SMILES string of the molecule is CN1[C@@H]2CC[C@H]1CC(OC(=O)c1cc(-c3ccccc3)nc3ccccc13)C2. The molecule has 1 aromatic heterocycles. The van der Waals surface area contributed by atoms with Gasteiger partial charge >= 0.3 is 5.97 Å². The molecule has 0 saturated carbocycles. The van der Waals surface area contributed by atoms with Crippen molar-refractivity contribution < 1.29 is 9.53 Å². The number of aromatic nitrogens is 1. The number of rotatable bonds is 3. The molecule has 4 nitrogen and oxygen atoms in total. The molecule has 2 aliphatic rings. The molecule has 3 aromatic rings. The number of ether oxygens (including phenoxy) is 1. The van der Waals surface area contributed by atoms with Crippen molar-refractivity contribution in [2.75, 3.05) is 7.05 Å². The van der Waals surface area contributed by atoms with Crippen molar-refractivity contribution in [3.8, 4) is 11.3 Å². The number of benzene rings is 2. The van der Waals surface area contributed by atoms with E-state index in [1.807, 2.05) is 60.7 Å². The molecule has 5 rings (SSSR count). The van der Waals surface area contributed by atoms with Gasteiger partial charge in [0.1, 0.15) is 6.10 Å². The number of nitrogens with zero attached hydrogens (tertiary/aromatic N) is 2. The van der Waals surface area contributed by atoms with Crippen LogP contribution in [0.2, 0.25) is 0 Å². The van der Waals surface area contributed by atoms with Gasteiger partial charge in [-0.25, -0.2) is 9.78 Å². The van der Waals surface area contributed by atoms with Crippen molar-refractivity contribution in [2.24, 2.45) is 0 Å². The van der Waals surface area contributed by atoms with E-state index in [4.69, 9.17) is 9.72 Å². The minimum atomic E-state index is -0.232. The summed E-state index contributed by atoms with van der Waals surface area (Å²) in [4.78, 5) is 20.4. The highest BCUT2D eigenvalue weighted by molar-refractivity contribution is 6.04. The lowest BCUT2D eigenvalue weighted by atomic mass is 10.00. The van der Waals surface area contributed by atoms with Gasteiger partial charge in [-0.1, -0.05) is 48.5 Å². The van der Waals surface area contributed by atoms with Gasteiger partial charge in [-0.05, 0) is 32.0 Å². The van der Waals surface area contributed by atoms with E-state index in [0.29, 0.717) is 17.6 Å². The molecule has 0 radical (unpaired) electrons. The zero-order valence-corrected chi connectivity index (χ0v) is 16.0. The Hall–Kier alpha value is -2.72. The van der Waals surface area contributed by atoms with E-state index in [2.05, 4.69) is 11.9 Å². The highest BCUT2D eigenvalue weighted by atomic mass is 16.5. The molecular weight excluding hydrogens is 348 g/mol. The van der Waals surface area contributed by atoms with E-state index in [0.717, 1.165) is 35.0 Å². The van der Waals surface area contributed by atoms with Crippen LogP contribution in [0.4, 0.5) is 0 Å². The van der Waals surface area contributed by atoms with Gasteiger partial charge in [0.25, 0.3) is 0 Å². The molecule has 1 unspecified atom stereocenters. The number of pyridine rings is 1. The van der Waals surface area contributed by atoms with Crippen LogP contribution in [0.15, 0.2) is 60.7 Å². The lowest BCUT2D eigenvalue weighted by Crippen LogP contribution is -2.43. The second-order valence-electron chi connectivity index (χ2n) is 7.99. The second kappa shape index (κ2) is 7.02. The summed E-state index contributed by atoms with van der Waals surface area (Å²) < 4.78 is 6.01. The van der Waals surface area contributed by atoms with Crippen LogP contribution in [0.25, 0.3) is 22.2 Å². The Morgan fingerprint density at radius 2 is 1.68 bits per heavy atom. The monoisotopic (exact) mass is 372 g/mol. The molecule has 3 atom stereocenters. The summed E-state index contributed by atoms with van der Waals surface area (Å²) in [6.45, 7) is 0. The van der Waals surface area contributed by atoms with Crippen molar-refractivity contribution in [3.63, 3.8) is 0 Å². The smallest absolute Gasteiger partial charge is 0.339 e. The third-order valence-corrected chi connectivity index (χ3v) is 6.33. The van der Waals surface area contributed by atoms with E-state index in [9.17, 15) is 4.79 Å². The Morgan fingerprint density at radius 1 is 1.00 bits per heavy atom. The number of piperidine rings is 1. The van der Waals surface area contributed by atoms with Gasteiger partial charge in [0.15, 0.2) is 0 Å². The zero-order valence-electron chi connectivity index (χ0n) is 16.0. The Morgan fingerprint density at radius 3 is 2.43 bits per heavy atom. The highest BCUT2D eigenvalue weighted by Crippen LogP contribution is 2.36. The maximum Gasteiger partial charge on any atom is 0.339 e. The van der Waals surface area contributed by atoms with Crippen LogP contribution in [0.3, 0.4) is 0 Å². The fourth-order valence-electron chi connectivity index (χ4n) is 4.77. The van der Waals surface area contributed by atoms with Crippen molar-refractivity contribution in [3.05, 3.63) is 66.2 Å². The van der Waals surface area contributed by atoms with E-state index in [1.54, 1.807) is 0 Å². The molecule has 2 aromatic carbocycles. The Labute approximate surface area is 165 Å². The minimum absolute atomic E-state index is 0.00769. The van der Waals surface area contributed by atoms with Crippen LogP contribution < -0.4 is 0 Å². The van der Waals surface area contributed by atoms with Crippen LogP contribution in [-0.2, 0) is 4.74 Å². The molecule has 2 fully saturated rings. The van der Waals surface area contributed by atoms with E-state index in [-0.39, 0.29) is 12.1 Å². The van der Waals surface area contributed by atoms with Crippen molar-refractivity contribution in [1.82, 2.24) is 9.88 Å². The van der Waals surface area contributed by atoms with Crippen molar-refractivity contribution >= 4 is 16.9 Å². The summed E-state index contributed by atoms with van der Waals surface area (Å²) in [6, 6.07) is 20.7. The first-order valence-electron chi connectivity index (χ1n) is 10.1. The number of carbonyl (C=O) groups excluding carboxylic acids is 1. The molecule has 0 spiro atoms. The molecular formula is C24H24N2O2. The molecule has 2 bridgehead atoms. The third kappa shape index (κ3) is 3.08. The van der Waals surface area contributed by atoms with Gasteiger partial charge in [0.2, 0.25) is 0 Å². The molecule has 28 heavy (non-hydrogen) atoms. The maximum absolute atomic E-state index is 13.2. The summed E-state index contributed by atoms with van der Waals surface area (Å²) in [5, 5.41) is 0.850. The predicted octanol–water partition coefficient (Wildman–Crippen LogP) is 4.68. The fourth-order valence-corrected chi connectivity index (χ4v) is 4.77. The van der Waals surface area contributed by atoms with Gasteiger partial charge in [0, 0.05) is 35.9 Å². The first-order valence-corrected chi connectivity index (χ1v) is 10.1. The van der Waals surface area contributed by atoms with Crippen LogP contribution in [0.1, 0.15) is 36.0 Å². The Balaban J connectivity index is 1.48. The summed E-state index contributed by atoms with van der Waals surface area (Å²) >= 11 is 0. The molecule has 2 aliphatic heterocycles. The van der Waals surface area contributed by atoms with Gasteiger partial charge in [0.05, 0.1) is 16.8 Å². The fraction of sp³-hybridized carbons (Fsp3) is 0.333. The Kier molecular flexibility index (Phi) is 4.36. The standard InChI is InChI=1S/C24H24N2O2/c1-26-17-11-12-18(26)14-19(13-17)28-24(27)21-15-23(16-7-3-2-4-8-16)25-22-10-6-5-9-20(21)22/h2-10,15,17-19H,11-14H2,1H3/t17-,18+,19?. The number of hydrogen-bond acceptors (Lipinski definition) is 4. The molecule has 0 aliphatic carbocycles. The largest absolute Gasteiger partial charge is 0.459 e. The van der Waals surface area contributed by atoms with Crippen molar-refractivity contribution in [2.45, 2.75) is 43.9 Å². The van der Waals surface area contributed by atoms with Crippen LogP contribution in [0, 0.1) is 0 Å². The lowest BCUT2D eigenvalue weighted by Gasteiger charge is -2.35. The second-order valence-corrected chi connectivity index (χ2v) is 7.99. The van der Waals surface area contributed by atoms with Crippen molar-refractivity contribution in [1.29, 1.82) is 0 Å². The number of carbonyl (C=O) groups is 1. The molecule has 0 N–H and O–H groups in total. The number of esters is 1.